The number of benzene rings is 1. The molecule has 2 aromatic heterocycles. The van der Waals surface area contributed by atoms with E-state index in [1.54, 1.807) is 43.5 Å². The van der Waals surface area contributed by atoms with E-state index in [1.165, 1.54) is 10.7 Å². The fourth-order valence-electron chi connectivity index (χ4n) is 2.18. The summed E-state index contributed by atoms with van der Waals surface area (Å²) in [4.78, 5) is 15.7. The first kappa shape index (κ1) is 15.0. The molecule has 0 N–H and O–H groups in total. The van der Waals surface area contributed by atoms with E-state index in [1.807, 2.05) is 0 Å². The average molecular weight is 315 g/mol. The van der Waals surface area contributed by atoms with Crippen LogP contribution < -0.4 is 4.74 Å². The number of aromatic nitrogens is 3. The van der Waals surface area contributed by atoms with Crippen molar-refractivity contribution in [1.82, 2.24) is 14.8 Å². The summed E-state index contributed by atoms with van der Waals surface area (Å²) < 4.78 is 25.2. The number of fused-ring (bicyclic) bond motifs is 1. The molecule has 0 unspecified atom stereocenters. The van der Waals surface area contributed by atoms with Gasteiger partial charge in [-0.15, -0.1) is 5.10 Å². The van der Waals surface area contributed by atoms with Crippen LogP contribution in [0.15, 0.2) is 42.6 Å². The highest BCUT2D eigenvalue weighted by molar-refractivity contribution is 5.83. The predicted octanol–water partition coefficient (Wildman–Crippen LogP) is 3.15. The lowest BCUT2D eigenvalue weighted by atomic mass is 10.2. The zero-order chi connectivity index (χ0) is 16.2. The van der Waals surface area contributed by atoms with Gasteiger partial charge in [0.1, 0.15) is 5.82 Å². The molecule has 3 rings (SSSR count). The molecule has 0 amide bonds. The van der Waals surface area contributed by atoms with Gasteiger partial charge in [0.05, 0.1) is 18.5 Å². The maximum Gasteiger partial charge on any atom is 0.515 e. The molecule has 0 fully saturated rings. The second kappa shape index (κ2) is 6.43. The third-order valence-corrected chi connectivity index (χ3v) is 3.19. The highest BCUT2D eigenvalue weighted by atomic mass is 19.1. The Balaban J connectivity index is 1.98. The van der Waals surface area contributed by atoms with Crippen LogP contribution in [0.1, 0.15) is 12.5 Å². The van der Waals surface area contributed by atoms with Crippen molar-refractivity contribution in [3.05, 3.63) is 54.0 Å². The van der Waals surface area contributed by atoms with Gasteiger partial charge in [-0.1, -0.05) is 18.2 Å². The van der Waals surface area contributed by atoms with Gasteiger partial charge in [-0.25, -0.2) is 18.9 Å². The molecule has 1 aromatic carbocycles. The van der Waals surface area contributed by atoms with Gasteiger partial charge in [0.15, 0.2) is 5.65 Å². The van der Waals surface area contributed by atoms with Gasteiger partial charge in [-0.05, 0) is 25.1 Å². The molecule has 0 bridgehead atoms. The van der Waals surface area contributed by atoms with Crippen LogP contribution in [0.5, 0.6) is 5.88 Å². The summed E-state index contributed by atoms with van der Waals surface area (Å²) in [6.45, 7) is 2.05. The standard InChI is InChI=1S/C16H14FN3O3/c1-2-22-16(21)23-15-12-7-5-9-18-14(12)20(19-15)10-11-6-3-4-8-13(11)17/h3-9H,2,10H2,1H3. The second-order valence-corrected chi connectivity index (χ2v) is 4.71. The number of rotatable bonds is 4. The van der Waals surface area contributed by atoms with Gasteiger partial charge >= 0.3 is 6.16 Å². The fourth-order valence-corrected chi connectivity index (χ4v) is 2.18. The molecular weight excluding hydrogens is 301 g/mol. The lowest BCUT2D eigenvalue weighted by Crippen LogP contribution is -2.11. The molecule has 0 saturated carbocycles. The molecule has 0 saturated heterocycles. The summed E-state index contributed by atoms with van der Waals surface area (Å²) in [6.07, 6.45) is 0.754. The first-order chi connectivity index (χ1) is 11.2. The lowest BCUT2D eigenvalue weighted by molar-refractivity contribution is 0.103. The molecule has 6 nitrogen and oxygen atoms in total. The van der Waals surface area contributed by atoms with Crippen LogP contribution in [0.2, 0.25) is 0 Å². The topological polar surface area (TPSA) is 66.2 Å². The van der Waals surface area contributed by atoms with E-state index < -0.39 is 6.16 Å². The van der Waals surface area contributed by atoms with Crippen LogP contribution in [-0.4, -0.2) is 27.5 Å². The minimum atomic E-state index is -0.839. The molecule has 118 valence electrons. The van der Waals surface area contributed by atoms with Crippen molar-refractivity contribution >= 4 is 17.2 Å². The zero-order valence-electron chi connectivity index (χ0n) is 12.4. The van der Waals surface area contributed by atoms with Crippen LogP contribution in [-0.2, 0) is 11.3 Å². The number of pyridine rings is 1. The number of carbonyl (C=O) groups is 1. The third-order valence-electron chi connectivity index (χ3n) is 3.19. The molecule has 0 atom stereocenters. The minimum Gasteiger partial charge on any atom is -0.434 e. The number of hydrogen-bond acceptors (Lipinski definition) is 5. The molecule has 3 aromatic rings. The van der Waals surface area contributed by atoms with E-state index in [-0.39, 0.29) is 24.8 Å². The Morgan fingerprint density at radius 2 is 2.09 bits per heavy atom. The summed E-state index contributed by atoms with van der Waals surface area (Å²) in [6, 6.07) is 9.83. The molecule has 0 aliphatic heterocycles. The molecule has 0 spiro atoms. The number of carbonyl (C=O) groups excluding carboxylic acids is 1. The highest BCUT2D eigenvalue weighted by Crippen LogP contribution is 2.24. The van der Waals surface area contributed by atoms with Crippen molar-refractivity contribution in [3.63, 3.8) is 0 Å². The minimum absolute atomic E-state index is 0.0860. The first-order valence-electron chi connectivity index (χ1n) is 7.08. The maximum absolute atomic E-state index is 13.8. The zero-order valence-corrected chi connectivity index (χ0v) is 12.4. The van der Waals surface area contributed by atoms with Gasteiger partial charge in [-0.2, -0.15) is 0 Å². The molecule has 0 aliphatic rings. The molecular formula is C16H14FN3O3. The van der Waals surface area contributed by atoms with Crippen LogP contribution >= 0.6 is 0 Å². The van der Waals surface area contributed by atoms with Gasteiger partial charge in [0.2, 0.25) is 0 Å². The van der Waals surface area contributed by atoms with Crippen molar-refractivity contribution in [2.24, 2.45) is 0 Å². The van der Waals surface area contributed by atoms with E-state index in [9.17, 15) is 9.18 Å². The number of halogens is 1. The van der Waals surface area contributed by atoms with E-state index >= 15 is 0 Å². The smallest absolute Gasteiger partial charge is 0.434 e. The van der Waals surface area contributed by atoms with Crippen molar-refractivity contribution in [3.8, 4) is 5.88 Å². The molecule has 23 heavy (non-hydrogen) atoms. The normalized spacial score (nSPS) is 10.7. The van der Waals surface area contributed by atoms with Crippen LogP contribution in [0, 0.1) is 5.82 Å². The van der Waals surface area contributed by atoms with Crippen LogP contribution in [0.3, 0.4) is 0 Å². The molecule has 0 radical (unpaired) electrons. The van der Waals surface area contributed by atoms with Gasteiger partial charge in [0.25, 0.3) is 5.88 Å². The largest absolute Gasteiger partial charge is 0.515 e. The number of hydrogen-bond donors (Lipinski definition) is 0. The fraction of sp³-hybridized carbons (Fsp3) is 0.188. The summed E-state index contributed by atoms with van der Waals surface area (Å²) >= 11 is 0. The van der Waals surface area contributed by atoms with Crippen LogP contribution in [0.25, 0.3) is 11.0 Å². The third kappa shape index (κ3) is 3.13. The first-order valence-corrected chi connectivity index (χ1v) is 7.08. The van der Waals surface area contributed by atoms with Gasteiger partial charge in [-0.3, -0.25) is 0 Å². The molecule has 7 heteroatoms. The Kier molecular flexibility index (Phi) is 4.18. The van der Waals surface area contributed by atoms with Gasteiger partial charge < -0.3 is 9.47 Å². The van der Waals surface area contributed by atoms with E-state index in [2.05, 4.69) is 10.1 Å². The van der Waals surface area contributed by atoms with Crippen molar-refractivity contribution < 1.29 is 18.7 Å². The van der Waals surface area contributed by atoms with Crippen LogP contribution in [0.4, 0.5) is 9.18 Å². The van der Waals surface area contributed by atoms with Crippen molar-refractivity contribution in [2.75, 3.05) is 6.61 Å². The molecule has 0 aliphatic carbocycles. The monoisotopic (exact) mass is 315 g/mol. The number of nitrogens with zero attached hydrogens (tertiary/aromatic N) is 3. The lowest BCUT2D eigenvalue weighted by Gasteiger charge is -2.04. The maximum atomic E-state index is 13.8. The van der Waals surface area contributed by atoms with Crippen molar-refractivity contribution in [1.29, 1.82) is 0 Å². The average Bonchev–Trinajstić information content (AvgIpc) is 2.88. The van der Waals surface area contributed by atoms with Crippen molar-refractivity contribution in [2.45, 2.75) is 13.5 Å². The summed E-state index contributed by atoms with van der Waals surface area (Å²) in [5.41, 5.74) is 0.959. The SMILES string of the molecule is CCOC(=O)Oc1nn(Cc2ccccc2F)c2ncccc12. The Bertz CT molecular complexity index is 847. The Hall–Kier alpha value is -2.96. The Morgan fingerprint density at radius 1 is 1.26 bits per heavy atom. The number of ether oxygens (including phenoxy) is 2. The Morgan fingerprint density at radius 3 is 2.87 bits per heavy atom. The summed E-state index contributed by atoms with van der Waals surface area (Å²) in [7, 11) is 0. The highest BCUT2D eigenvalue weighted by Gasteiger charge is 2.17. The van der Waals surface area contributed by atoms with E-state index in [0.717, 1.165) is 0 Å². The summed E-state index contributed by atoms with van der Waals surface area (Å²) in [5, 5.41) is 4.77. The molecule has 2 heterocycles. The van der Waals surface area contributed by atoms with Gasteiger partial charge in [0, 0.05) is 11.8 Å². The van der Waals surface area contributed by atoms with E-state index in [0.29, 0.717) is 16.6 Å². The van der Waals surface area contributed by atoms with E-state index in [4.69, 9.17) is 9.47 Å². The second-order valence-electron chi connectivity index (χ2n) is 4.71. The quantitative estimate of drug-likeness (QED) is 0.692. The Labute approximate surface area is 131 Å². The predicted molar refractivity (Wildman–Crippen MR) is 80.7 cm³/mol. The summed E-state index contributed by atoms with van der Waals surface area (Å²) in [5.74, 6) is -0.247.